The molecule has 2 aromatic rings. The molecular formula is C26H35N3O6. The lowest BCUT2D eigenvalue weighted by molar-refractivity contribution is -0.140. The van der Waals surface area contributed by atoms with Crippen LogP contribution in [0.25, 0.3) is 0 Å². The zero-order chi connectivity index (χ0) is 26.3. The number of phenolic OH excluding ortho intramolecular Hbond substituents is 1. The van der Waals surface area contributed by atoms with Gasteiger partial charge in [0, 0.05) is 12.7 Å². The summed E-state index contributed by atoms with van der Waals surface area (Å²) < 4.78 is 10.5. The average molecular weight is 486 g/mol. The number of alkyl carbamates (subject to hydrolysis) is 1. The molecule has 0 aliphatic carbocycles. The molecule has 190 valence electrons. The fourth-order valence-corrected chi connectivity index (χ4v) is 3.43. The summed E-state index contributed by atoms with van der Waals surface area (Å²) in [6.07, 6.45) is -0.727. The van der Waals surface area contributed by atoms with E-state index in [9.17, 15) is 19.5 Å². The van der Waals surface area contributed by atoms with E-state index in [1.165, 1.54) is 24.1 Å². The van der Waals surface area contributed by atoms with Gasteiger partial charge in [-0.2, -0.15) is 0 Å². The van der Waals surface area contributed by atoms with Crippen LogP contribution in [0.1, 0.15) is 46.2 Å². The quantitative estimate of drug-likeness (QED) is 0.519. The largest absolute Gasteiger partial charge is 0.508 e. The first-order chi connectivity index (χ1) is 16.3. The second-order valence-electron chi connectivity index (χ2n) is 9.53. The van der Waals surface area contributed by atoms with Crippen molar-refractivity contribution in [2.45, 2.75) is 52.3 Å². The van der Waals surface area contributed by atoms with Crippen LogP contribution in [-0.2, 0) is 14.3 Å². The number of nitrogens with zero attached hydrogens (tertiary/aromatic N) is 1. The van der Waals surface area contributed by atoms with Crippen molar-refractivity contribution < 1.29 is 29.0 Å². The SMILES string of the molecule is COc1ccc(NC(=O)C(c2cccc(O)c2)N(C)C(=O)C(NC(=O)OC(C)(C)C)C(C)C)cc1. The Kier molecular flexibility index (Phi) is 9.11. The van der Waals surface area contributed by atoms with Crippen LogP contribution in [0.3, 0.4) is 0 Å². The summed E-state index contributed by atoms with van der Waals surface area (Å²) in [6.45, 7) is 8.76. The third kappa shape index (κ3) is 7.91. The summed E-state index contributed by atoms with van der Waals surface area (Å²) in [5.41, 5.74) is 0.184. The zero-order valence-corrected chi connectivity index (χ0v) is 21.3. The summed E-state index contributed by atoms with van der Waals surface area (Å²) in [5, 5.41) is 15.4. The molecule has 0 radical (unpaired) electrons. The van der Waals surface area contributed by atoms with Gasteiger partial charge in [0.15, 0.2) is 0 Å². The molecule has 2 unspecified atom stereocenters. The van der Waals surface area contributed by atoms with Gasteiger partial charge in [0.05, 0.1) is 7.11 Å². The minimum Gasteiger partial charge on any atom is -0.508 e. The third-order valence-corrected chi connectivity index (χ3v) is 5.13. The number of nitrogens with one attached hydrogen (secondary N) is 2. The lowest BCUT2D eigenvalue weighted by Gasteiger charge is -2.33. The smallest absolute Gasteiger partial charge is 0.408 e. The molecule has 0 bridgehead atoms. The van der Waals surface area contributed by atoms with Crippen molar-refractivity contribution in [1.82, 2.24) is 10.2 Å². The minimum atomic E-state index is -1.08. The Bertz CT molecular complexity index is 1030. The molecule has 0 saturated heterocycles. The Labute approximate surface area is 206 Å². The lowest BCUT2D eigenvalue weighted by atomic mass is 9.99. The second kappa shape index (κ2) is 11.6. The number of rotatable bonds is 8. The summed E-state index contributed by atoms with van der Waals surface area (Å²) >= 11 is 0. The number of amides is 3. The van der Waals surface area contributed by atoms with Crippen molar-refractivity contribution in [3.63, 3.8) is 0 Å². The van der Waals surface area contributed by atoms with E-state index in [1.807, 2.05) is 0 Å². The molecule has 2 rings (SSSR count). The molecule has 0 heterocycles. The van der Waals surface area contributed by atoms with E-state index >= 15 is 0 Å². The molecule has 2 aromatic carbocycles. The highest BCUT2D eigenvalue weighted by Crippen LogP contribution is 2.27. The standard InChI is InChI=1S/C26H35N3O6/c1-16(2)21(28-25(33)35-26(3,4)5)24(32)29(6)22(17-9-8-10-19(30)15-17)23(31)27-18-11-13-20(34-7)14-12-18/h8-16,21-22,30H,1-7H3,(H,27,31)(H,28,33). The molecule has 3 N–H and O–H groups in total. The Hall–Kier alpha value is -3.75. The molecule has 0 aliphatic heterocycles. The Morgan fingerprint density at radius 3 is 2.17 bits per heavy atom. The fraction of sp³-hybridized carbons (Fsp3) is 0.423. The topological polar surface area (TPSA) is 117 Å². The molecule has 0 spiro atoms. The number of methoxy groups -OCH3 is 1. The van der Waals surface area contributed by atoms with Gasteiger partial charge in [0.2, 0.25) is 5.91 Å². The van der Waals surface area contributed by atoms with Crippen LogP contribution < -0.4 is 15.4 Å². The van der Waals surface area contributed by atoms with Gasteiger partial charge in [-0.25, -0.2) is 4.79 Å². The monoisotopic (exact) mass is 485 g/mol. The maximum Gasteiger partial charge on any atom is 0.408 e. The first kappa shape index (κ1) is 27.5. The average Bonchev–Trinajstić information content (AvgIpc) is 2.76. The summed E-state index contributed by atoms with van der Waals surface area (Å²) in [6, 6.07) is 10.9. The molecule has 3 amide bonds. The van der Waals surface area contributed by atoms with Crippen LogP contribution in [0.15, 0.2) is 48.5 Å². The molecule has 9 heteroatoms. The van der Waals surface area contributed by atoms with E-state index in [1.54, 1.807) is 78.1 Å². The van der Waals surface area contributed by atoms with Gasteiger partial charge in [-0.05, 0) is 68.7 Å². The van der Waals surface area contributed by atoms with Crippen molar-refractivity contribution in [2.24, 2.45) is 5.92 Å². The predicted octanol–water partition coefficient (Wildman–Crippen LogP) is 4.09. The number of hydrogen-bond acceptors (Lipinski definition) is 6. The number of benzene rings is 2. The zero-order valence-electron chi connectivity index (χ0n) is 21.3. The first-order valence-electron chi connectivity index (χ1n) is 11.3. The van der Waals surface area contributed by atoms with Crippen molar-refractivity contribution in [3.05, 3.63) is 54.1 Å². The maximum atomic E-state index is 13.5. The van der Waals surface area contributed by atoms with E-state index < -0.39 is 35.6 Å². The maximum absolute atomic E-state index is 13.5. The van der Waals surface area contributed by atoms with Crippen molar-refractivity contribution in [2.75, 3.05) is 19.5 Å². The third-order valence-electron chi connectivity index (χ3n) is 5.13. The number of aromatic hydroxyl groups is 1. The van der Waals surface area contributed by atoms with Gasteiger partial charge in [-0.15, -0.1) is 0 Å². The highest BCUT2D eigenvalue weighted by molar-refractivity contribution is 5.99. The van der Waals surface area contributed by atoms with Crippen LogP contribution in [0.4, 0.5) is 10.5 Å². The van der Waals surface area contributed by atoms with E-state index in [0.29, 0.717) is 17.0 Å². The van der Waals surface area contributed by atoms with Gasteiger partial charge in [-0.1, -0.05) is 26.0 Å². The minimum absolute atomic E-state index is 0.0436. The van der Waals surface area contributed by atoms with Gasteiger partial charge in [0.25, 0.3) is 5.91 Å². The number of hydrogen-bond donors (Lipinski definition) is 3. The van der Waals surface area contributed by atoms with Gasteiger partial charge in [-0.3, -0.25) is 9.59 Å². The highest BCUT2D eigenvalue weighted by atomic mass is 16.6. The molecule has 9 nitrogen and oxygen atoms in total. The van der Waals surface area contributed by atoms with Gasteiger partial charge < -0.3 is 30.1 Å². The Morgan fingerprint density at radius 1 is 1.03 bits per heavy atom. The number of carbonyl (C=O) groups excluding carboxylic acids is 3. The van der Waals surface area contributed by atoms with E-state index in [-0.39, 0.29) is 11.7 Å². The van der Waals surface area contributed by atoms with Crippen LogP contribution in [0.2, 0.25) is 0 Å². The highest BCUT2D eigenvalue weighted by Gasteiger charge is 2.35. The van der Waals surface area contributed by atoms with E-state index in [4.69, 9.17) is 9.47 Å². The van der Waals surface area contributed by atoms with Crippen LogP contribution >= 0.6 is 0 Å². The molecule has 35 heavy (non-hydrogen) atoms. The predicted molar refractivity (Wildman–Crippen MR) is 133 cm³/mol. The van der Waals surface area contributed by atoms with Gasteiger partial charge >= 0.3 is 6.09 Å². The first-order valence-corrected chi connectivity index (χ1v) is 11.3. The normalized spacial score (nSPS) is 12.9. The fourth-order valence-electron chi connectivity index (χ4n) is 3.43. The van der Waals surface area contributed by atoms with Crippen LogP contribution in [0.5, 0.6) is 11.5 Å². The number of carbonyl (C=O) groups is 3. The summed E-state index contributed by atoms with van der Waals surface area (Å²) in [5.74, 6) is -0.668. The van der Waals surface area contributed by atoms with Crippen LogP contribution in [0, 0.1) is 5.92 Å². The Balaban J connectivity index is 2.35. The lowest BCUT2D eigenvalue weighted by Crippen LogP contribution is -2.53. The molecule has 0 aliphatic rings. The van der Waals surface area contributed by atoms with Gasteiger partial charge in [0.1, 0.15) is 29.2 Å². The number of phenols is 1. The number of ether oxygens (including phenoxy) is 2. The molecule has 0 saturated carbocycles. The second-order valence-corrected chi connectivity index (χ2v) is 9.53. The molecule has 0 aromatic heterocycles. The number of likely N-dealkylation sites (N-methyl/N-ethyl adjacent to an activating group) is 1. The van der Waals surface area contributed by atoms with E-state index in [0.717, 1.165) is 0 Å². The molecule has 0 fully saturated rings. The van der Waals surface area contributed by atoms with E-state index in [2.05, 4.69) is 10.6 Å². The Morgan fingerprint density at radius 2 is 1.66 bits per heavy atom. The summed E-state index contributed by atoms with van der Waals surface area (Å²) in [4.78, 5) is 40.6. The van der Waals surface area contributed by atoms with Crippen molar-refractivity contribution >= 4 is 23.6 Å². The van der Waals surface area contributed by atoms with Crippen molar-refractivity contribution in [1.29, 1.82) is 0 Å². The summed E-state index contributed by atoms with van der Waals surface area (Å²) in [7, 11) is 3.03. The van der Waals surface area contributed by atoms with Crippen molar-refractivity contribution in [3.8, 4) is 11.5 Å². The number of anilines is 1. The molecular weight excluding hydrogens is 450 g/mol. The van der Waals surface area contributed by atoms with Crippen LogP contribution in [-0.4, -0.2) is 53.7 Å². The molecule has 2 atom stereocenters.